The lowest BCUT2D eigenvalue weighted by Gasteiger charge is -2.23. The van der Waals surface area contributed by atoms with Crippen molar-refractivity contribution in [1.29, 1.82) is 0 Å². The van der Waals surface area contributed by atoms with E-state index in [0.29, 0.717) is 0 Å². The number of ether oxygens (including phenoxy) is 2. The maximum absolute atomic E-state index is 9.43. The molecule has 0 aromatic heterocycles. The third-order valence-electron chi connectivity index (χ3n) is 3.60. The summed E-state index contributed by atoms with van der Waals surface area (Å²) < 4.78 is 10.7. The number of benzene rings is 1. The lowest BCUT2D eigenvalue weighted by atomic mass is 10.1. The Morgan fingerprint density at radius 1 is 1.33 bits per heavy atom. The van der Waals surface area contributed by atoms with Gasteiger partial charge in [0.05, 0.1) is 19.8 Å². The second-order valence-electron chi connectivity index (χ2n) is 4.67. The van der Waals surface area contributed by atoms with Crippen LogP contribution in [0.15, 0.2) is 24.3 Å². The molecule has 2 rings (SSSR count). The minimum absolute atomic E-state index is 0.176. The standard InChI is InChI=1S/C14H21NO3/c1-17-13-7-12(10-16)15(9-13)8-11-5-3-4-6-14(11)18-2/h3-6,12-13,16H,7-10H2,1-2H3/t12-,13-/m0/s1. The summed E-state index contributed by atoms with van der Waals surface area (Å²) >= 11 is 0. The first-order valence-corrected chi connectivity index (χ1v) is 6.28. The summed E-state index contributed by atoms with van der Waals surface area (Å²) in [6.07, 6.45) is 1.11. The first-order valence-electron chi connectivity index (χ1n) is 6.28. The highest BCUT2D eigenvalue weighted by Crippen LogP contribution is 2.25. The molecule has 0 amide bonds. The molecule has 0 radical (unpaired) electrons. The fourth-order valence-corrected chi connectivity index (χ4v) is 2.54. The molecular formula is C14H21NO3. The van der Waals surface area contributed by atoms with E-state index >= 15 is 0 Å². The fraction of sp³-hybridized carbons (Fsp3) is 0.571. The van der Waals surface area contributed by atoms with Gasteiger partial charge in [0.15, 0.2) is 0 Å². The second-order valence-corrected chi connectivity index (χ2v) is 4.67. The van der Waals surface area contributed by atoms with Crippen LogP contribution in [0.2, 0.25) is 0 Å². The van der Waals surface area contributed by atoms with E-state index in [1.807, 2.05) is 18.2 Å². The van der Waals surface area contributed by atoms with Gasteiger partial charge >= 0.3 is 0 Å². The third kappa shape index (κ3) is 2.83. The Labute approximate surface area is 108 Å². The minimum atomic E-state index is 0.176. The van der Waals surface area contributed by atoms with Crippen LogP contribution >= 0.6 is 0 Å². The number of methoxy groups -OCH3 is 2. The van der Waals surface area contributed by atoms with Gasteiger partial charge in [-0.15, -0.1) is 0 Å². The summed E-state index contributed by atoms with van der Waals surface area (Å²) in [5.74, 6) is 0.898. The van der Waals surface area contributed by atoms with Crippen molar-refractivity contribution in [2.24, 2.45) is 0 Å². The number of likely N-dealkylation sites (tertiary alicyclic amines) is 1. The van der Waals surface area contributed by atoms with E-state index in [0.717, 1.165) is 30.8 Å². The molecule has 1 aliphatic heterocycles. The molecule has 0 saturated carbocycles. The summed E-state index contributed by atoms with van der Waals surface area (Å²) in [6, 6.07) is 8.18. The van der Waals surface area contributed by atoms with Gasteiger partial charge in [0, 0.05) is 31.8 Å². The molecule has 0 spiro atoms. The number of hydrogen-bond acceptors (Lipinski definition) is 4. The number of aliphatic hydroxyl groups excluding tert-OH is 1. The Morgan fingerprint density at radius 2 is 2.11 bits per heavy atom. The van der Waals surface area contributed by atoms with Crippen molar-refractivity contribution in [2.75, 3.05) is 27.4 Å². The van der Waals surface area contributed by atoms with E-state index in [-0.39, 0.29) is 18.8 Å². The summed E-state index contributed by atoms with van der Waals surface area (Å²) in [5, 5.41) is 9.43. The van der Waals surface area contributed by atoms with Crippen molar-refractivity contribution in [2.45, 2.75) is 25.1 Å². The fourth-order valence-electron chi connectivity index (χ4n) is 2.54. The highest BCUT2D eigenvalue weighted by atomic mass is 16.5. The van der Waals surface area contributed by atoms with Gasteiger partial charge in [-0.3, -0.25) is 4.90 Å². The smallest absolute Gasteiger partial charge is 0.123 e. The molecule has 4 heteroatoms. The highest BCUT2D eigenvalue weighted by molar-refractivity contribution is 5.33. The summed E-state index contributed by atoms with van der Waals surface area (Å²) in [5.41, 5.74) is 1.15. The lowest BCUT2D eigenvalue weighted by Crippen LogP contribution is -2.32. The van der Waals surface area contributed by atoms with Crippen LogP contribution in [0.3, 0.4) is 0 Å². The molecule has 0 unspecified atom stereocenters. The van der Waals surface area contributed by atoms with E-state index < -0.39 is 0 Å². The number of nitrogens with zero attached hydrogens (tertiary/aromatic N) is 1. The summed E-state index contributed by atoms with van der Waals surface area (Å²) in [6.45, 7) is 1.82. The number of aliphatic hydroxyl groups is 1. The Kier molecular flexibility index (Phi) is 4.58. The van der Waals surface area contributed by atoms with Crippen LogP contribution in [0.1, 0.15) is 12.0 Å². The number of rotatable bonds is 5. The van der Waals surface area contributed by atoms with Gasteiger partial charge in [0.1, 0.15) is 5.75 Å². The van der Waals surface area contributed by atoms with Crippen LogP contribution in [-0.4, -0.2) is 49.5 Å². The van der Waals surface area contributed by atoms with Crippen LogP contribution in [0.25, 0.3) is 0 Å². The zero-order chi connectivity index (χ0) is 13.0. The number of hydrogen-bond donors (Lipinski definition) is 1. The van der Waals surface area contributed by atoms with Crippen molar-refractivity contribution in [1.82, 2.24) is 4.90 Å². The van der Waals surface area contributed by atoms with Crippen LogP contribution < -0.4 is 4.74 Å². The van der Waals surface area contributed by atoms with Gasteiger partial charge in [-0.25, -0.2) is 0 Å². The largest absolute Gasteiger partial charge is 0.496 e. The van der Waals surface area contributed by atoms with E-state index in [2.05, 4.69) is 11.0 Å². The van der Waals surface area contributed by atoms with E-state index in [4.69, 9.17) is 9.47 Å². The molecule has 1 aliphatic rings. The van der Waals surface area contributed by atoms with Gasteiger partial charge in [-0.05, 0) is 12.5 Å². The van der Waals surface area contributed by atoms with Crippen LogP contribution in [0, 0.1) is 0 Å². The van der Waals surface area contributed by atoms with Gasteiger partial charge in [-0.2, -0.15) is 0 Å². The average molecular weight is 251 g/mol. The molecule has 0 aliphatic carbocycles. The lowest BCUT2D eigenvalue weighted by molar-refractivity contribution is 0.107. The second kappa shape index (κ2) is 6.18. The normalized spacial score (nSPS) is 24.4. The molecule has 1 aromatic rings. The maximum atomic E-state index is 9.43. The zero-order valence-corrected chi connectivity index (χ0v) is 11.0. The molecule has 2 atom stereocenters. The molecule has 1 fully saturated rings. The molecule has 100 valence electrons. The SMILES string of the molecule is COc1ccccc1CN1C[C@@H](OC)C[C@H]1CO. The molecule has 1 aromatic carbocycles. The Morgan fingerprint density at radius 3 is 2.78 bits per heavy atom. The van der Waals surface area contributed by atoms with Crippen LogP contribution in [-0.2, 0) is 11.3 Å². The molecule has 1 heterocycles. The zero-order valence-electron chi connectivity index (χ0n) is 11.0. The molecule has 1 saturated heterocycles. The summed E-state index contributed by atoms with van der Waals surface area (Å²) in [7, 11) is 3.41. The Balaban J connectivity index is 2.08. The van der Waals surface area contributed by atoms with Crippen LogP contribution in [0.4, 0.5) is 0 Å². The van der Waals surface area contributed by atoms with Crippen molar-refractivity contribution >= 4 is 0 Å². The van der Waals surface area contributed by atoms with Gasteiger partial charge in [0.25, 0.3) is 0 Å². The molecule has 1 N–H and O–H groups in total. The first kappa shape index (κ1) is 13.3. The quantitative estimate of drug-likeness (QED) is 0.856. The number of para-hydroxylation sites is 1. The van der Waals surface area contributed by atoms with Crippen molar-refractivity contribution in [3.8, 4) is 5.75 Å². The molecule has 18 heavy (non-hydrogen) atoms. The van der Waals surface area contributed by atoms with Crippen molar-refractivity contribution < 1.29 is 14.6 Å². The van der Waals surface area contributed by atoms with Crippen molar-refractivity contribution in [3.05, 3.63) is 29.8 Å². The van der Waals surface area contributed by atoms with Gasteiger partial charge in [0.2, 0.25) is 0 Å². The van der Waals surface area contributed by atoms with Gasteiger partial charge < -0.3 is 14.6 Å². The van der Waals surface area contributed by atoms with Gasteiger partial charge in [-0.1, -0.05) is 18.2 Å². The predicted octanol–water partition coefficient (Wildman–Crippen LogP) is 1.28. The highest BCUT2D eigenvalue weighted by Gasteiger charge is 2.31. The molecule has 0 bridgehead atoms. The third-order valence-corrected chi connectivity index (χ3v) is 3.60. The Hall–Kier alpha value is -1.10. The monoisotopic (exact) mass is 251 g/mol. The topological polar surface area (TPSA) is 41.9 Å². The van der Waals surface area contributed by atoms with E-state index in [9.17, 15) is 5.11 Å². The Bertz CT molecular complexity index is 383. The minimum Gasteiger partial charge on any atom is -0.496 e. The predicted molar refractivity (Wildman–Crippen MR) is 69.7 cm³/mol. The summed E-state index contributed by atoms with van der Waals surface area (Å²) in [4.78, 5) is 2.26. The van der Waals surface area contributed by atoms with E-state index in [1.165, 1.54) is 0 Å². The van der Waals surface area contributed by atoms with E-state index in [1.54, 1.807) is 14.2 Å². The van der Waals surface area contributed by atoms with Crippen LogP contribution in [0.5, 0.6) is 5.75 Å². The average Bonchev–Trinajstić information content (AvgIpc) is 2.81. The molecular weight excluding hydrogens is 230 g/mol. The first-order chi connectivity index (χ1) is 8.78. The molecule has 4 nitrogen and oxygen atoms in total. The maximum Gasteiger partial charge on any atom is 0.123 e. The van der Waals surface area contributed by atoms with Crippen molar-refractivity contribution in [3.63, 3.8) is 0 Å².